The maximum absolute atomic E-state index is 12.8. The molecule has 2 aromatic rings. The minimum atomic E-state index is -0.792. The van der Waals surface area contributed by atoms with Crippen LogP contribution in [0.1, 0.15) is 10.4 Å². The van der Waals surface area contributed by atoms with E-state index >= 15 is 0 Å². The summed E-state index contributed by atoms with van der Waals surface area (Å²) >= 11 is 1.61. The Morgan fingerprint density at radius 3 is 2.57 bits per heavy atom. The smallest absolute Gasteiger partial charge is 0.159 e. The summed E-state index contributed by atoms with van der Waals surface area (Å²) in [7, 11) is 0. The van der Waals surface area contributed by atoms with Crippen molar-refractivity contribution in [1.29, 1.82) is 0 Å². The second kappa shape index (κ2) is 3.88. The molecular formula is C11H8F2S. The topological polar surface area (TPSA) is 0 Å². The molecule has 0 saturated carbocycles. The van der Waals surface area contributed by atoms with Crippen LogP contribution in [0, 0.1) is 11.6 Å². The minimum Gasteiger partial charge on any atom is -0.204 e. The first kappa shape index (κ1) is 9.34. The van der Waals surface area contributed by atoms with Gasteiger partial charge in [-0.25, -0.2) is 8.78 Å². The average molecular weight is 210 g/mol. The zero-order chi connectivity index (χ0) is 9.97. The van der Waals surface area contributed by atoms with Gasteiger partial charge in [-0.3, -0.25) is 0 Å². The molecule has 1 heterocycles. The van der Waals surface area contributed by atoms with Gasteiger partial charge in [0.2, 0.25) is 0 Å². The second-order valence-corrected chi connectivity index (χ2v) is 4.04. The van der Waals surface area contributed by atoms with E-state index in [1.165, 1.54) is 6.07 Å². The van der Waals surface area contributed by atoms with Crippen molar-refractivity contribution in [2.45, 2.75) is 6.42 Å². The van der Waals surface area contributed by atoms with Crippen LogP contribution in [-0.4, -0.2) is 0 Å². The summed E-state index contributed by atoms with van der Waals surface area (Å²) in [6.45, 7) is 0. The van der Waals surface area contributed by atoms with Crippen LogP contribution in [0.5, 0.6) is 0 Å². The number of thiophene rings is 1. The summed E-state index contributed by atoms with van der Waals surface area (Å²) in [5, 5.41) is 1.97. The molecule has 0 aliphatic rings. The van der Waals surface area contributed by atoms with E-state index in [4.69, 9.17) is 0 Å². The predicted molar refractivity (Wildman–Crippen MR) is 53.5 cm³/mol. The highest BCUT2D eigenvalue weighted by Gasteiger charge is 2.03. The predicted octanol–water partition coefficient (Wildman–Crippen LogP) is 3.62. The van der Waals surface area contributed by atoms with Gasteiger partial charge < -0.3 is 0 Å². The van der Waals surface area contributed by atoms with Gasteiger partial charge in [-0.1, -0.05) is 12.1 Å². The van der Waals surface area contributed by atoms with Crippen molar-refractivity contribution in [2.75, 3.05) is 0 Å². The highest BCUT2D eigenvalue weighted by atomic mass is 32.1. The molecule has 3 heteroatoms. The summed E-state index contributed by atoms with van der Waals surface area (Å²) in [5.41, 5.74) is 0.798. The fourth-order valence-electron chi connectivity index (χ4n) is 1.26. The maximum atomic E-state index is 12.8. The van der Waals surface area contributed by atoms with E-state index in [0.717, 1.165) is 16.5 Å². The molecule has 0 spiro atoms. The molecule has 1 aromatic carbocycles. The maximum Gasteiger partial charge on any atom is 0.159 e. The summed E-state index contributed by atoms with van der Waals surface area (Å²) in [6.07, 6.45) is 0.662. The quantitative estimate of drug-likeness (QED) is 0.710. The Morgan fingerprint density at radius 2 is 1.93 bits per heavy atom. The fraction of sp³-hybridized carbons (Fsp3) is 0.0909. The molecule has 0 saturated heterocycles. The van der Waals surface area contributed by atoms with Crippen LogP contribution in [-0.2, 0) is 6.42 Å². The van der Waals surface area contributed by atoms with Crippen LogP contribution >= 0.6 is 11.3 Å². The standard InChI is InChI=1S/C11H8F2S/c12-10-4-3-8(7-11(10)13)6-9-2-1-5-14-9/h1-5,7H,6H2. The highest BCUT2D eigenvalue weighted by Crippen LogP contribution is 2.16. The number of rotatable bonds is 2. The first-order valence-corrected chi connectivity index (χ1v) is 5.10. The van der Waals surface area contributed by atoms with Gasteiger partial charge in [0.25, 0.3) is 0 Å². The molecule has 0 radical (unpaired) electrons. The number of benzene rings is 1. The third-order valence-electron chi connectivity index (χ3n) is 1.94. The summed E-state index contributed by atoms with van der Waals surface area (Å²) in [4.78, 5) is 1.15. The highest BCUT2D eigenvalue weighted by molar-refractivity contribution is 7.09. The zero-order valence-corrected chi connectivity index (χ0v) is 8.15. The number of hydrogen-bond acceptors (Lipinski definition) is 1. The van der Waals surface area contributed by atoms with Crippen molar-refractivity contribution in [3.63, 3.8) is 0 Å². The van der Waals surface area contributed by atoms with E-state index in [2.05, 4.69) is 0 Å². The molecule has 1 aromatic heterocycles. The Bertz CT molecular complexity index is 421. The fourth-order valence-corrected chi connectivity index (χ4v) is 2.00. The normalized spacial score (nSPS) is 10.4. The van der Waals surface area contributed by atoms with Gasteiger partial charge in [0.1, 0.15) is 0 Å². The Kier molecular flexibility index (Phi) is 2.59. The van der Waals surface area contributed by atoms with Crippen LogP contribution in [0.25, 0.3) is 0 Å². The Morgan fingerprint density at radius 1 is 1.07 bits per heavy atom. The largest absolute Gasteiger partial charge is 0.204 e. The van der Waals surface area contributed by atoms with Gasteiger partial charge in [-0.05, 0) is 29.1 Å². The molecular weight excluding hydrogens is 202 g/mol. The van der Waals surface area contributed by atoms with Gasteiger partial charge in [0.05, 0.1) is 0 Å². The first-order chi connectivity index (χ1) is 6.75. The lowest BCUT2D eigenvalue weighted by molar-refractivity contribution is 0.507. The van der Waals surface area contributed by atoms with Gasteiger partial charge in [0, 0.05) is 11.3 Å². The van der Waals surface area contributed by atoms with Crippen molar-refractivity contribution in [3.05, 3.63) is 57.8 Å². The lowest BCUT2D eigenvalue weighted by Gasteiger charge is -1.99. The van der Waals surface area contributed by atoms with Gasteiger partial charge in [-0.15, -0.1) is 11.3 Å². The van der Waals surface area contributed by atoms with Gasteiger partial charge >= 0.3 is 0 Å². The molecule has 0 nitrogen and oxygen atoms in total. The van der Waals surface area contributed by atoms with E-state index in [-0.39, 0.29) is 0 Å². The van der Waals surface area contributed by atoms with Crippen molar-refractivity contribution in [1.82, 2.24) is 0 Å². The van der Waals surface area contributed by atoms with Crippen LogP contribution in [0.4, 0.5) is 8.78 Å². The van der Waals surface area contributed by atoms with Crippen LogP contribution in [0.15, 0.2) is 35.7 Å². The van der Waals surface area contributed by atoms with Gasteiger partial charge in [-0.2, -0.15) is 0 Å². The molecule has 0 aliphatic heterocycles. The van der Waals surface area contributed by atoms with E-state index < -0.39 is 11.6 Å². The van der Waals surface area contributed by atoms with Crippen molar-refractivity contribution >= 4 is 11.3 Å². The van der Waals surface area contributed by atoms with E-state index in [1.54, 1.807) is 17.4 Å². The lowest BCUT2D eigenvalue weighted by atomic mass is 10.1. The van der Waals surface area contributed by atoms with E-state index in [1.807, 2.05) is 17.5 Å². The first-order valence-electron chi connectivity index (χ1n) is 4.22. The molecule has 0 amide bonds. The minimum absolute atomic E-state index is 0.662. The zero-order valence-electron chi connectivity index (χ0n) is 7.34. The molecule has 0 bridgehead atoms. The Hall–Kier alpha value is -1.22. The van der Waals surface area contributed by atoms with Crippen molar-refractivity contribution in [3.8, 4) is 0 Å². The molecule has 0 aliphatic carbocycles. The van der Waals surface area contributed by atoms with Crippen molar-refractivity contribution in [2.24, 2.45) is 0 Å². The molecule has 14 heavy (non-hydrogen) atoms. The van der Waals surface area contributed by atoms with Crippen LogP contribution in [0.2, 0.25) is 0 Å². The Labute approximate surface area is 84.8 Å². The lowest BCUT2D eigenvalue weighted by Crippen LogP contribution is -1.89. The van der Waals surface area contributed by atoms with Crippen molar-refractivity contribution < 1.29 is 8.78 Å². The molecule has 0 unspecified atom stereocenters. The molecule has 2 rings (SSSR count). The molecule has 0 fully saturated rings. The molecule has 72 valence electrons. The monoisotopic (exact) mass is 210 g/mol. The second-order valence-electron chi connectivity index (χ2n) is 3.00. The Balaban J connectivity index is 2.22. The SMILES string of the molecule is Fc1ccc(Cc2cccs2)cc1F. The third-order valence-corrected chi connectivity index (χ3v) is 2.82. The number of halogens is 2. The van der Waals surface area contributed by atoms with Crippen LogP contribution in [0.3, 0.4) is 0 Å². The molecule has 0 N–H and O–H groups in total. The number of hydrogen-bond donors (Lipinski definition) is 0. The van der Waals surface area contributed by atoms with E-state index in [0.29, 0.717) is 6.42 Å². The average Bonchev–Trinajstić information content (AvgIpc) is 2.64. The summed E-state index contributed by atoms with van der Waals surface area (Å²) < 4.78 is 25.4. The summed E-state index contributed by atoms with van der Waals surface area (Å²) in [6, 6.07) is 7.94. The summed E-state index contributed by atoms with van der Waals surface area (Å²) in [5.74, 6) is -1.57. The van der Waals surface area contributed by atoms with Crippen LogP contribution < -0.4 is 0 Å². The third kappa shape index (κ3) is 1.99. The molecule has 0 atom stereocenters. The van der Waals surface area contributed by atoms with E-state index in [9.17, 15) is 8.78 Å². The van der Waals surface area contributed by atoms with Gasteiger partial charge in [0.15, 0.2) is 11.6 Å².